The van der Waals surface area contributed by atoms with Crippen molar-refractivity contribution in [3.05, 3.63) is 35.4 Å². The van der Waals surface area contributed by atoms with Crippen LogP contribution in [-0.2, 0) is 13.0 Å². The van der Waals surface area contributed by atoms with Crippen molar-refractivity contribution in [2.45, 2.75) is 38.8 Å². The van der Waals surface area contributed by atoms with Gasteiger partial charge in [-0.3, -0.25) is 4.90 Å². The van der Waals surface area contributed by atoms with Gasteiger partial charge in [0.25, 0.3) is 0 Å². The lowest BCUT2D eigenvalue weighted by molar-refractivity contribution is 0.215. The molecule has 0 radical (unpaired) electrons. The van der Waals surface area contributed by atoms with E-state index in [-0.39, 0.29) is 12.4 Å². The second kappa shape index (κ2) is 7.13. The molecule has 0 spiro atoms. The average molecular weight is 269 g/mol. The SMILES string of the molecule is CCc1ccc(CN(C)C(CN)C2CC2)cc1.Cl. The van der Waals surface area contributed by atoms with E-state index in [4.69, 9.17) is 5.73 Å². The van der Waals surface area contributed by atoms with E-state index < -0.39 is 0 Å². The molecule has 1 saturated carbocycles. The summed E-state index contributed by atoms with van der Waals surface area (Å²) >= 11 is 0. The zero-order chi connectivity index (χ0) is 12.3. The van der Waals surface area contributed by atoms with Gasteiger partial charge in [0, 0.05) is 19.1 Å². The highest BCUT2D eigenvalue weighted by Crippen LogP contribution is 2.34. The van der Waals surface area contributed by atoms with Crippen LogP contribution in [0, 0.1) is 5.92 Å². The smallest absolute Gasteiger partial charge is 0.0247 e. The fourth-order valence-electron chi connectivity index (χ4n) is 2.50. The lowest BCUT2D eigenvalue weighted by atomic mass is 10.1. The Morgan fingerprint density at radius 1 is 1.22 bits per heavy atom. The largest absolute Gasteiger partial charge is 0.329 e. The normalized spacial score (nSPS) is 16.4. The Labute approximate surface area is 117 Å². The molecule has 1 aliphatic rings. The third kappa shape index (κ3) is 3.98. The van der Waals surface area contributed by atoms with Crippen molar-refractivity contribution in [3.63, 3.8) is 0 Å². The van der Waals surface area contributed by atoms with Crippen LogP contribution < -0.4 is 5.73 Å². The van der Waals surface area contributed by atoms with Gasteiger partial charge in [-0.15, -0.1) is 12.4 Å². The molecule has 1 atom stereocenters. The first-order valence-corrected chi connectivity index (χ1v) is 6.72. The van der Waals surface area contributed by atoms with E-state index >= 15 is 0 Å². The number of benzene rings is 1. The van der Waals surface area contributed by atoms with E-state index in [1.807, 2.05) is 0 Å². The number of rotatable bonds is 6. The van der Waals surface area contributed by atoms with Gasteiger partial charge in [0.15, 0.2) is 0 Å². The number of aryl methyl sites for hydroxylation is 1. The highest BCUT2D eigenvalue weighted by Gasteiger charge is 2.32. The standard InChI is InChI=1S/C15H24N2.ClH/c1-3-12-4-6-13(7-5-12)11-17(2)15(10-16)14-8-9-14;/h4-7,14-15H,3,8-11,16H2,1-2H3;1H. The summed E-state index contributed by atoms with van der Waals surface area (Å²) in [5.74, 6) is 0.847. The number of hydrogen-bond acceptors (Lipinski definition) is 2. The van der Waals surface area contributed by atoms with E-state index in [0.29, 0.717) is 6.04 Å². The maximum absolute atomic E-state index is 5.87. The van der Waals surface area contributed by atoms with Crippen molar-refractivity contribution in [1.29, 1.82) is 0 Å². The summed E-state index contributed by atoms with van der Waals surface area (Å²) in [5, 5.41) is 0. The first kappa shape index (κ1) is 15.5. The second-order valence-electron chi connectivity index (χ2n) is 5.23. The van der Waals surface area contributed by atoms with Crippen LogP contribution in [0.1, 0.15) is 30.9 Å². The highest BCUT2D eigenvalue weighted by atomic mass is 35.5. The summed E-state index contributed by atoms with van der Waals surface area (Å²) in [6.45, 7) is 4.00. The van der Waals surface area contributed by atoms with Crippen molar-refractivity contribution in [3.8, 4) is 0 Å². The summed E-state index contributed by atoms with van der Waals surface area (Å²) < 4.78 is 0. The molecule has 1 aromatic rings. The summed E-state index contributed by atoms with van der Waals surface area (Å²) in [4.78, 5) is 2.42. The van der Waals surface area contributed by atoms with Crippen LogP contribution >= 0.6 is 12.4 Å². The van der Waals surface area contributed by atoms with Crippen LogP contribution in [0.3, 0.4) is 0 Å². The maximum Gasteiger partial charge on any atom is 0.0247 e. The molecule has 2 rings (SSSR count). The molecule has 0 aliphatic heterocycles. The molecule has 0 amide bonds. The molecule has 1 fully saturated rings. The van der Waals surface area contributed by atoms with Gasteiger partial charge < -0.3 is 5.73 Å². The molecule has 102 valence electrons. The highest BCUT2D eigenvalue weighted by molar-refractivity contribution is 5.85. The van der Waals surface area contributed by atoms with Gasteiger partial charge in [0.05, 0.1) is 0 Å². The lowest BCUT2D eigenvalue weighted by Crippen LogP contribution is -2.39. The molecule has 1 aliphatic carbocycles. The van der Waals surface area contributed by atoms with Crippen LogP contribution in [0.25, 0.3) is 0 Å². The predicted molar refractivity (Wildman–Crippen MR) is 80.1 cm³/mol. The van der Waals surface area contributed by atoms with Gasteiger partial charge in [0.1, 0.15) is 0 Å². The van der Waals surface area contributed by atoms with Gasteiger partial charge in [-0.2, -0.15) is 0 Å². The van der Waals surface area contributed by atoms with Crippen molar-refractivity contribution in [2.24, 2.45) is 11.7 Å². The Bertz CT molecular complexity index is 346. The van der Waals surface area contributed by atoms with Crippen LogP contribution in [0.2, 0.25) is 0 Å². The molecule has 2 nitrogen and oxygen atoms in total. The molecular weight excluding hydrogens is 244 g/mol. The quantitative estimate of drug-likeness (QED) is 0.860. The molecule has 3 heteroatoms. The molecule has 1 unspecified atom stereocenters. The Morgan fingerprint density at radius 2 is 1.78 bits per heavy atom. The number of likely N-dealkylation sites (N-methyl/N-ethyl adjacent to an activating group) is 1. The zero-order valence-electron chi connectivity index (χ0n) is 11.4. The van der Waals surface area contributed by atoms with E-state index in [9.17, 15) is 0 Å². The molecule has 2 N–H and O–H groups in total. The Balaban J connectivity index is 0.00000162. The van der Waals surface area contributed by atoms with Gasteiger partial charge in [-0.05, 0) is 43.4 Å². The monoisotopic (exact) mass is 268 g/mol. The van der Waals surface area contributed by atoms with Crippen molar-refractivity contribution in [2.75, 3.05) is 13.6 Å². The Morgan fingerprint density at radius 3 is 2.22 bits per heavy atom. The summed E-state index contributed by atoms with van der Waals surface area (Å²) in [5.41, 5.74) is 8.68. The van der Waals surface area contributed by atoms with Crippen LogP contribution in [0.15, 0.2) is 24.3 Å². The predicted octanol–water partition coefficient (Wildman–Crippen LogP) is 2.84. The van der Waals surface area contributed by atoms with Crippen molar-refractivity contribution in [1.82, 2.24) is 4.90 Å². The first-order valence-electron chi connectivity index (χ1n) is 6.72. The number of halogens is 1. The fourth-order valence-corrected chi connectivity index (χ4v) is 2.50. The minimum absolute atomic E-state index is 0. The summed E-state index contributed by atoms with van der Waals surface area (Å²) in [7, 11) is 2.20. The van der Waals surface area contributed by atoms with Crippen LogP contribution in [-0.4, -0.2) is 24.5 Å². The fraction of sp³-hybridized carbons (Fsp3) is 0.600. The number of hydrogen-bond donors (Lipinski definition) is 1. The van der Waals surface area contributed by atoms with Crippen molar-refractivity contribution < 1.29 is 0 Å². The third-order valence-corrected chi connectivity index (χ3v) is 3.84. The minimum Gasteiger partial charge on any atom is -0.329 e. The molecule has 0 saturated heterocycles. The van der Waals surface area contributed by atoms with E-state index in [0.717, 1.165) is 25.4 Å². The summed E-state index contributed by atoms with van der Waals surface area (Å²) in [6, 6.07) is 9.53. The third-order valence-electron chi connectivity index (χ3n) is 3.84. The minimum atomic E-state index is 0. The molecule has 0 heterocycles. The van der Waals surface area contributed by atoms with Crippen molar-refractivity contribution >= 4 is 12.4 Å². The van der Waals surface area contributed by atoms with E-state index in [1.165, 1.54) is 24.0 Å². The van der Waals surface area contributed by atoms with Gasteiger partial charge in [-0.1, -0.05) is 31.2 Å². The first-order chi connectivity index (χ1) is 8.24. The Hall–Kier alpha value is -0.570. The molecule has 0 aromatic heterocycles. The Kier molecular flexibility index (Phi) is 6.13. The van der Waals surface area contributed by atoms with Crippen LogP contribution in [0.4, 0.5) is 0 Å². The van der Waals surface area contributed by atoms with Crippen LogP contribution in [0.5, 0.6) is 0 Å². The average Bonchev–Trinajstić information content (AvgIpc) is 3.15. The number of nitrogens with zero attached hydrogens (tertiary/aromatic N) is 1. The lowest BCUT2D eigenvalue weighted by Gasteiger charge is -2.27. The maximum atomic E-state index is 5.87. The molecular formula is C15H25ClN2. The topological polar surface area (TPSA) is 29.3 Å². The van der Waals surface area contributed by atoms with Gasteiger partial charge in [-0.25, -0.2) is 0 Å². The molecule has 0 bridgehead atoms. The molecule has 1 aromatic carbocycles. The second-order valence-corrected chi connectivity index (χ2v) is 5.23. The van der Waals surface area contributed by atoms with E-state index in [1.54, 1.807) is 0 Å². The zero-order valence-corrected chi connectivity index (χ0v) is 12.2. The van der Waals surface area contributed by atoms with E-state index in [2.05, 4.69) is 43.1 Å². The molecule has 18 heavy (non-hydrogen) atoms. The summed E-state index contributed by atoms with van der Waals surface area (Å²) in [6.07, 6.45) is 3.84. The number of nitrogens with two attached hydrogens (primary N) is 1. The van der Waals surface area contributed by atoms with Gasteiger partial charge in [0.2, 0.25) is 0 Å². The van der Waals surface area contributed by atoms with Gasteiger partial charge >= 0.3 is 0 Å².